The van der Waals surface area contributed by atoms with Crippen LogP contribution in [0, 0.1) is 0 Å². The normalized spacial score (nSPS) is 21.8. The molecule has 0 saturated heterocycles. The molecule has 1 aliphatic rings. The summed E-state index contributed by atoms with van der Waals surface area (Å²) in [6.07, 6.45) is 6.27. The number of esters is 1. The molecule has 0 spiro atoms. The van der Waals surface area contributed by atoms with Gasteiger partial charge in [-0.15, -0.1) is 0 Å². The Morgan fingerprint density at radius 2 is 2.11 bits per heavy atom. The van der Waals surface area contributed by atoms with Crippen molar-refractivity contribution in [1.82, 2.24) is 0 Å². The Labute approximate surface area is 109 Å². The van der Waals surface area contributed by atoms with Gasteiger partial charge < -0.3 is 4.74 Å². The number of allylic oxidation sites excluding steroid dienone is 1. The van der Waals surface area contributed by atoms with Crippen molar-refractivity contribution in [2.24, 2.45) is 0 Å². The minimum atomic E-state index is -0.199. The maximum Gasteiger partial charge on any atom is 0.330 e. The summed E-state index contributed by atoms with van der Waals surface area (Å²) in [5.41, 5.74) is 2.54. The van der Waals surface area contributed by atoms with Crippen LogP contribution in [0.1, 0.15) is 44.1 Å². The highest BCUT2D eigenvalue weighted by molar-refractivity contribution is 5.83. The summed E-state index contributed by atoms with van der Waals surface area (Å²) in [5, 5.41) is 0. The summed E-state index contributed by atoms with van der Waals surface area (Å²) >= 11 is 0. The molecule has 0 bridgehead atoms. The molecule has 0 aliphatic heterocycles. The molecule has 2 nitrogen and oxygen atoms in total. The van der Waals surface area contributed by atoms with Gasteiger partial charge in [-0.2, -0.15) is 0 Å². The zero-order valence-corrected chi connectivity index (χ0v) is 10.9. The summed E-state index contributed by atoms with van der Waals surface area (Å²) in [5.74, 6) is 0.194. The van der Waals surface area contributed by atoms with Gasteiger partial charge in [0, 0.05) is 12.0 Å². The first kappa shape index (κ1) is 12.9. The van der Waals surface area contributed by atoms with Crippen molar-refractivity contribution < 1.29 is 9.53 Å². The summed E-state index contributed by atoms with van der Waals surface area (Å²) < 4.78 is 5.01. The Hall–Kier alpha value is -1.57. The highest BCUT2D eigenvalue weighted by Gasteiger charge is 2.21. The Balaban J connectivity index is 2.18. The third-order valence-electron chi connectivity index (χ3n) is 3.45. The fourth-order valence-corrected chi connectivity index (χ4v) is 2.61. The highest BCUT2D eigenvalue weighted by Crippen LogP contribution is 2.37. The summed E-state index contributed by atoms with van der Waals surface area (Å²) in [6.45, 7) is 2.28. The van der Waals surface area contributed by atoms with E-state index < -0.39 is 0 Å². The average molecular weight is 244 g/mol. The fourth-order valence-electron chi connectivity index (χ4n) is 2.61. The van der Waals surface area contributed by atoms with E-state index in [-0.39, 0.29) is 5.97 Å². The first-order chi connectivity index (χ1) is 8.81. The Morgan fingerprint density at radius 3 is 2.83 bits per heavy atom. The second-order valence-electron chi connectivity index (χ2n) is 4.68. The van der Waals surface area contributed by atoms with Crippen LogP contribution in [0.4, 0.5) is 0 Å². The second kappa shape index (κ2) is 6.39. The maximum absolute atomic E-state index is 11.6. The van der Waals surface area contributed by atoms with Gasteiger partial charge in [0.15, 0.2) is 0 Å². The molecular formula is C16H20O2. The SMILES string of the molecule is CCOC(=O)/C=C1\CCCCC1c1ccccc1. The number of rotatable bonds is 3. The third kappa shape index (κ3) is 3.22. The van der Waals surface area contributed by atoms with E-state index in [2.05, 4.69) is 24.3 Å². The van der Waals surface area contributed by atoms with E-state index in [1.54, 1.807) is 6.08 Å². The molecule has 0 amide bonds. The van der Waals surface area contributed by atoms with Gasteiger partial charge in [-0.3, -0.25) is 0 Å². The molecule has 2 heteroatoms. The van der Waals surface area contributed by atoms with Crippen molar-refractivity contribution >= 4 is 5.97 Å². The number of carbonyl (C=O) groups excluding carboxylic acids is 1. The second-order valence-corrected chi connectivity index (χ2v) is 4.68. The van der Waals surface area contributed by atoms with E-state index in [4.69, 9.17) is 4.74 Å². The lowest BCUT2D eigenvalue weighted by atomic mass is 9.79. The van der Waals surface area contributed by atoms with Crippen LogP contribution in [0.5, 0.6) is 0 Å². The third-order valence-corrected chi connectivity index (χ3v) is 3.45. The minimum Gasteiger partial charge on any atom is -0.463 e. The maximum atomic E-state index is 11.6. The van der Waals surface area contributed by atoms with Gasteiger partial charge in [-0.1, -0.05) is 42.3 Å². The molecule has 0 aromatic heterocycles. The van der Waals surface area contributed by atoms with Crippen molar-refractivity contribution in [3.63, 3.8) is 0 Å². The van der Waals surface area contributed by atoms with Gasteiger partial charge >= 0.3 is 5.97 Å². The van der Waals surface area contributed by atoms with Crippen molar-refractivity contribution in [2.75, 3.05) is 6.61 Å². The van der Waals surface area contributed by atoms with Crippen molar-refractivity contribution in [1.29, 1.82) is 0 Å². The number of hydrogen-bond donors (Lipinski definition) is 0. The summed E-state index contributed by atoms with van der Waals surface area (Å²) in [7, 11) is 0. The van der Waals surface area contributed by atoms with Crippen molar-refractivity contribution in [2.45, 2.75) is 38.5 Å². The Bertz CT molecular complexity index is 420. The lowest BCUT2D eigenvalue weighted by molar-refractivity contribution is -0.137. The zero-order chi connectivity index (χ0) is 12.8. The highest BCUT2D eigenvalue weighted by atomic mass is 16.5. The Kier molecular flexibility index (Phi) is 4.57. The molecule has 96 valence electrons. The van der Waals surface area contributed by atoms with E-state index in [1.807, 2.05) is 13.0 Å². The summed E-state index contributed by atoms with van der Waals surface area (Å²) in [6, 6.07) is 10.4. The van der Waals surface area contributed by atoms with E-state index in [9.17, 15) is 4.79 Å². The van der Waals surface area contributed by atoms with Gasteiger partial charge in [-0.25, -0.2) is 4.79 Å². The minimum absolute atomic E-state index is 0.199. The first-order valence-corrected chi connectivity index (χ1v) is 6.73. The van der Waals surface area contributed by atoms with Crippen LogP contribution in [-0.2, 0) is 9.53 Å². The lowest BCUT2D eigenvalue weighted by Crippen LogP contribution is -2.11. The average Bonchev–Trinajstić information content (AvgIpc) is 2.40. The van der Waals surface area contributed by atoms with Gasteiger partial charge in [0.05, 0.1) is 6.61 Å². The first-order valence-electron chi connectivity index (χ1n) is 6.73. The largest absolute Gasteiger partial charge is 0.463 e. The molecule has 1 atom stereocenters. The number of carbonyl (C=O) groups is 1. The molecule has 1 saturated carbocycles. The predicted molar refractivity (Wildman–Crippen MR) is 72.4 cm³/mol. The summed E-state index contributed by atoms with van der Waals surface area (Å²) in [4.78, 5) is 11.6. The molecule has 0 heterocycles. The van der Waals surface area contributed by atoms with Gasteiger partial charge in [0.1, 0.15) is 0 Å². The van der Waals surface area contributed by atoms with Crippen molar-refractivity contribution in [3.8, 4) is 0 Å². The van der Waals surface area contributed by atoms with Gasteiger partial charge in [0.2, 0.25) is 0 Å². The Morgan fingerprint density at radius 1 is 1.33 bits per heavy atom. The monoisotopic (exact) mass is 244 g/mol. The van der Waals surface area contributed by atoms with Gasteiger partial charge in [0.25, 0.3) is 0 Å². The van der Waals surface area contributed by atoms with Crippen molar-refractivity contribution in [3.05, 3.63) is 47.5 Å². The van der Waals surface area contributed by atoms with Crippen LogP contribution in [0.3, 0.4) is 0 Å². The van der Waals surface area contributed by atoms with Crippen LogP contribution in [0.25, 0.3) is 0 Å². The van der Waals surface area contributed by atoms with E-state index in [0.717, 1.165) is 12.8 Å². The molecule has 1 unspecified atom stereocenters. The van der Waals surface area contributed by atoms with Crippen LogP contribution >= 0.6 is 0 Å². The smallest absolute Gasteiger partial charge is 0.330 e. The molecule has 1 aromatic rings. The molecule has 1 aromatic carbocycles. The molecule has 2 rings (SSSR count). The van der Waals surface area contributed by atoms with E-state index >= 15 is 0 Å². The number of hydrogen-bond acceptors (Lipinski definition) is 2. The molecule has 1 fully saturated rings. The van der Waals surface area contributed by atoms with Gasteiger partial charge in [-0.05, 0) is 31.7 Å². The molecule has 0 N–H and O–H groups in total. The number of benzene rings is 1. The molecular weight excluding hydrogens is 224 g/mol. The number of ether oxygens (including phenoxy) is 1. The van der Waals surface area contributed by atoms with Crippen LogP contribution in [0.2, 0.25) is 0 Å². The van der Waals surface area contributed by atoms with E-state index in [1.165, 1.54) is 24.0 Å². The van der Waals surface area contributed by atoms with Crippen LogP contribution in [-0.4, -0.2) is 12.6 Å². The van der Waals surface area contributed by atoms with E-state index in [0.29, 0.717) is 12.5 Å². The topological polar surface area (TPSA) is 26.3 Å². The molecule has 18 heavy (non-hydrogen) atoms. The quantitative estimate of drug-likeness (QED) is 0.596. The predicted octanol–water partition coefficient (Wildman–Crippen LogP) is 3.83. The van der Waals surface area contributed by atoms with Crippen LogP contribution < -0.4 is 0 Å². The van der Waals surface area contributed by atoms with Crippen LogP contribution in [0.15, 0.2) is 42.0 Å². The lowest BCUT2D eigenvalue weighted by Gasteiger charge is -2.25. The molecule has 0 radical (unpaired) electrons. The standard InChI is InChI=1S/C16H20O2/c1-2-18-16(17)12-14-10-6-7-11-15(14)13-8-4-3-5-9-13/h3-5,8-9,12,15H,2,6-7,10-11H2,1H3/b14-12+. The zero-order valence-electron chi connectivity index (χ0n) is 10.9. The fraction of sp³-hybridized carbons (Fsp3) is 0.438. The molecule has 1 aliphatic carbocycles.